The van der Waals surface area contributed by atoms with Gasteiger partial charge in [0.1, 0.15) is 6.33 Å². The Kier molecular flexibility index (Phi) is 4.68. The third kappa shape index (κ3) is 3.52. The van der Waals surface area contributed by atoms with Crippen molar-refractivity contribution >= 4 is 47.4 Å². The number of anilines is 1. The molecule has 0 atom stereocenters. The van der Waals surface area contributed by atoms with E-state index >= 15 is 0 Å². The molecule has 0 bridgehead atoms. The van der Waals surface area contributed by atoms with Gasteiger partial charge in [-0.2, -0.15) is 4.37 Å². The highest BCUT2D eigenvalue weighted by Crippen LogP contribution is 2.32. The van der Waals surface area contributed by atoms with Gasteiger partial charge in [0, 0.05) is 47.5 Å². The van der Waals surface area contributed by atoms with Gasteiger partial charge in [-0.1, -0.05) is 18.2 Å². The molecule has 8 nitrogen and oxygen atoms in total. The zero-order chi connectivity index (χ0) is 20.8. The lowest BCUT2D eigenvalue weighted by molar-refractivity contribution is 0.594. The van der Waals surface area contributed by atoms with Gasteiger partial charge in [0.25, 0.3) is 10.0 Å². The molecule has 29 heavy (non-hydrogen) atoms. The first-order valence-corrected chi connectivity index (χ1v) is 12.5. The Morgan fingerprint density at radius 3 is 2.31 bits per heavy atom. The lowest BCUT2D eigenvalue weighted by Gasteiger charge is -2.15. The van der Waals surface area contributed by atoms with E-state index in [4.69, 9.17) is 0 Å². The molecule has 0 saturated carbocycles. The number of nitrogens with one attached hydrogen (secondary N) is 1. The Hall–Kier alpha value is -2.76. The van der Waals surface area contributed by atoms with E-state index in [2.05, 4.69) is 14.3 Å². The SMILES string of the molecule is CN(c1ncns1)S(=O)(=O)c1ccc2c(-c3ccc(S(C)(=O)=O)cc3)c[nH]c2c1. The van der Waals surface area contributed by atoms with Crippen molar-refractivity contribution in [1.29, 1.82) is 0 Å². The van der Waals surface area contributed by atoms with Crippen molar-refractivity contribution in [1.82, 2.24) is 14.3 Å². The Labute approximate surface area is 172 Å². The minimum absolute atomic E-state index is 0.128. The fourth-order valence-corrected chi connectivity index (χ4v) is 5.45. The normalized spacial score (nSPS) is 12.3. The molecule has 0 aliphatic rings. The fraction of sp³-hybridized carbons (Fsp3) is 0.111. The smallest absolute Gasteiger partial charge is 0.265 e. The summed E-state index contributed by atoms with van der Waals surface area (Å²) in [7, 11) is -5.61. The molecule has 4 aromatic rings. The third-order valence-corrected chi connectivity index (χ3v) is 8.25. The molecule has 2 aromatic heterocycles. The van der Waals surface area contributed by atoms with Crippen molar-refractivity contribution in [3.63, 3.8) is 0 Å². The summed E-state index contributed by atoms with van der Waals surface area (Å²) in [5, 5.41) is 1.11. The first kappa shape index (κ1) is 19.6. The van der Waals surface area contributed by atoms with Crippen LogP contribution in [-0.4, -0.2) is 44.5 Å². The molecule has 2 heterocycles. The zero-order valence-corrected chi connectivity index (χ0v) is 17.8. The summed E-state index contributed by atoms with van der Waals surface area (Å²) in [6.45, 7) is 0. The number of aromatic nitrogens is 3. The van der Waals surface area contributed by atoms with Crippen molar-refractivity contribution in [3.8, 4) is 11.1 Å². The number of sulfonamides is 1. The molecule has 0 aliphatic carbocycles. The number of aromatic amines is 1. The van der Waals surface area contributed by atoms with Gasteiger partial charge in [-0.25, -0.2) is 26.1 Å². The van der Waals surface area contributed by atoms with E-state index in [0.29, 0.717) is 5.52 Å². The van der Waals surface area contributed by atoms with E-state index in [1.54, 1.807) is 42.6 Å². The number of nitrogens with zero attached hydrogens (tertiary/aromatic N) is 3. The molecule has 4 rings (SSSR count). The Morgan fingerprint density at radius 2 is 1.69 bits per heavy atom. The second-order valence-electron chi connectivity index (χ2n) is 6.40. The van der Waals surface area contributed by atoms with E-state index in [1.807, 2.05) is 0 Å². The highest BCUT2D eigenvalue weighted by molar-refractivity contribution is 7.93. The predicted octanol–water partition coefficient (Wildman–Crippen LogP) is 2.92. The lowest BCUT2D eigenvalue weighted by Crippen LogP contribution is -2.26. The Balaban J connectivity index is 1.73. The summed E-state index contributed by atoms with van der Waals surface area (Å²) in [6, 6.07) is 11.4. The highest BCUT2D eigenvalue weighted by Gasteiger charge is 2.24. The molecule has 1 N–H and O–H groups in total. The molecule has 0 aliphatic heterocycles. The quantitative estimate of drug-likeness (QED) is 0.502. The minimum Gasteiger partial charge on any atom is -0.361 e. The first-order chi connectivity index (χ1) is 13.7. The van der Waals surface area contributed by atoms with Crippen LogP contribution < -0.4 is 4.31 Å². The maximum Gasteiger partial charge on any atom is 0.265 e. The van der Waals surface area contributed by atoms with Gasteiger partial charge in [0.15, 0.2) is 9.84 Å². The summed E-state index contributed by atoms with van der Waals surface area (Å²) in [5.74, 6) is 0. The van der Waals surface area contributed by atoms with Crippen molar-refractivity contribution in [2.75, 3.05) is 17.6 Å². The maximum absolute atomic E-state index is 12.9. The fourth-order valence-electron chi connectivity index (χ4n) is 2.95. The molecule has 0 amide bonds. The van der Waals surface area contributed by atoms with Gasteiger partial charge in [-0.3, -0.25) is 0 Å². The van der Waals surface area contributed by atoms with Crippen molar-refractivity contribution in [2.24, 2.45) is 0 Å². The predicted molar refractivity (Wildman–Crippen MR) is 112 cm³/mol. The zero-order valence-electron chi connectivity index (χ0n) is 15.4. The molecule has 0 fully saturated rings. The van der Waals surface area contributed by atoms with Crippen LogP contribution in [0.15, 0.2) is 64.8 Å². The molecule has 0 radical (unpaired) electrons. The van der Waals surface area contributed by atoms with Gasteiger partial charge in [0.05, 0.1) is 9.79 Å². The number of benzene rings is 2. The van der Waals surface area contributed by atoms with Gasteiger partial charge >= 0.3 is 0 Å². The van der Waals surface area contributed by atoms with E-state index in [9.17, 15) is 16.8 Å². The summed E-state index contributed by atoms with van der Waals surface area (Å²) < 4.78 is 54.0. The standard InChI is InChI=1S/C18H16N4O4S3/c1-22(18-20-11-21-27-18)29(25,26)14-7-8-15-16(10-19-17(15)9-14)12-3-5-13(6-4-12)28(2,23)24/h3-11,19H,1-2H3. The number of fused-ring (bicyclic) bond motifs is 1. The average molecular weight is 449 g/mol. The topological polar surface area (TPSA) is 113 Å². The lowest BCUT2D eigenvalue weighted by atomic mass is 10.1. The molecule has 11 heteroatoms. The van der Waals surface area contributed by atoms with Crippen LogP contribution in [0.25, 0.3) is 22.0 Å². The van der Waals surface area contributed by atoms with Crippen molar-refractivity contribution in [2.45, 2.75) is 9.79 Å². The van der Waals surface area contributed by atoms with Crippen LogP contribution in [0, 0.1) is 0 Å². The number of sulfone groups is 1. The summed E-state index contributed by atoms with van der Waals surface area (Å²) >= 11 is 0.995. The van der Waals surface area contributed by atoms with Crippen molar-refractivity contribution in [3.05, 3.63) is 55.0 Å². The van der Waals surface area contributed by atoms with E-state index in [1.165, 1.54) is 19.4 Å². The van der Waals surface area contributed by atoms with Crippen LogP contribution in [0.2, 0.25) is 0 Å². The summed E-state index contributed by atoms with van der Waals surface area (Å²) in [4.78, 5) is 7.41. The van der Waals surface area contributed by atoms with Crippen LogP contribution >= 0.6 is 11.5 Å². The Morgan fingerprint density at radius 1 is 1.00 bits per heavy atom. The Bertz CT molecular complexity index is 1390. The highest BCUT2D eigenvalue weighted by atomic mass is 32.2. The van der Waals surface area contributed by atoms with E-state index < -0.39 is 19.9 Å². The average Bonchev–Trinajstić information content (AvgIpc) is 3.36. The van der Waals surface area contributed by atoms with Crippen molar-refractivity contribution < 1.29 is 16.8 Å². The molecule has 0 unspecified atom stereocenters. The van der Waals surface area contributed by atoms with Crippen LogP contribution in [-0.2, 0) is 19.9 Å². The number of hydrogen-bond acceptors (Lipinski definition) is 7. The third-order valence-electron chi connectivity index (χ3n) is 4.52. The number of rotatable bonds is 5. The maximum atomic E-state index is 12.9. The van der Waals surface area contributed by atoms with E-state index in [-0.39, 0.29) is 14.9 Å². The van der Waals surface area contributed by atoms with Crippen LogP contribution in [0.3, 0.4) is 0 Å². The molecular formula is C18H16N4O4S3. The largest absolute Gasteiger partial charge is 0.361 e. The molecule has 2 aromatic carbocycles. The molecule has 150 valence electrons. The second kappa shape index (κ2) is 6.94. The molecular weight excluding hydrogens is 432 g/mol. The van der Waals surface area contributed by atoms with Crippen LogP contribution in [0.5, 0.6) is 0 Å². The van der Waals surface area contributed by atoms with Gasteiger partial charge < -0.3 is 4.98 Å². The van der Waals surface area contributed by atoms with Gasteiger partial charge in [0.2, 0.25) is 5.13 Å². The molecule has 0 spiro atoms. The first-order valence-electron chi connectivity index (χ1n) is 8.35. The van der Waals surface area contributed by atoms with Crippen LogP contribution in [0.4, 0.5) is 5.13 Å². The minimum atomic E-state index is -3.78. The van der Waals surface area contributed by atoms with Gasteiger partial charge in [-0.05, 0) is 29.8 Å². The van der Waals surface area contributed by atoms with Gasteiger partial charge in [-0.15, -0.1) is 0 Å². The number of H-pyrrole nitrogens is 1. The second-order valence-corrected chi connectivity index (χ2v) is 11.1. The monoisotopic (exact) mass is 448 g/mol. The summed E-state index contributed by atoms with van der Waals surface area (Å²) in [6.07, 6.45) is 4.24. The molecule has 0 saturated heterocycles. The summed E-state index contributed by atoms with van der Waals surface area (Å²) in [5.41, 5.74) is 2.32. The van der Waals surface area contributed by atoms with E-state index in [0.717, 1.165) is 38.6 Å². The van der Waals surface area contributed by atoms with Crippen LogP contribution in [0.1, 0.15) is 0 Å². The number of hydrogen-bond donors (Lipinski definition) is 1.